The fraction of sp³-hybridized carbons (Fsp3) is 0.111. The molecule has 0 saturated carbocycles. The summed E-state index contributed by atoms with van der Waals surface area (Å²) >= 11 is 1.13. The van der Waals surface area contributed by atoms with Gasteiger partial charge in [-0.25, -0.2) is 4.98 Å². The Morgan fingerprint density at radius 3 is 2.94 bits per heavy atom. The van der Waals surface area contributed by atoms with Crippen LogP contribution in [0.4, 0.5) is 5.13 Å². The zero-order chi connectivity index (χ0) is 11.7. The molecule has 0 aliphatic heterocycles. The highest BCUT2D eigenvalue weighted by atomic mass is 32.1. The molecule has 7 heteroatoms. The molecule has 2 heterocycles. The van der Waals surface area contributed by atoms with Crippen molar-refractivity contribution in [1.82, 2.24) is 4.98 Å². The molecule has 84 valence electrons. The van der Waals surface area contributed by atoms with E-state index in [-0.39, 0.29) is 5.78 Å². The molecule has 2 rings (SSSR count). The quantitative estimate of drug-likeness (QED) is 0.640. The van der Waals surface area contributed by atoms with Crippen molar-refractivity contribution in [2.75, 3.05) is 5.73 Å². The molecular formula is C9H9N2O3PS. The van der Waals surface area contributed by atoms with Gasteiger partial charge >= 0.3 is 0 Å². The molecule has 0 aliphatic carbocycles. The predicted molar refractivity (Wildman–Crippen MR) is 64.4 cm³/mol. The second-order valence-corrected chi connectivity index (χ2v) is 4.81. The summed E-state index contributed by atoms with van der Waals surface area (Å²) in [6.45, 7) is 1.45. The molecule has 2 aromatic heterocycles. The highest BCUT2D eigenvalue weighted by Crippen LogP contribution is 2.30. The molecule has 1 unspecified atom stereocenters. The number of furan rings is 1. The molecule has 1 atom stereocenters. The second-order valence-electron chi connectivity index (χ2n) is 3.06. The third-order valence-electron chi connectivity index (χ3n) is 1.91. The second kappa shape index (κ2) is 4.33. The first-order valence-corrected chi connectivity index (χ1v) is 6.15. The molecule has 3 N–H and O–H groups in total. The lowest BCUT2D eigenvalue weighted by Crippen LogP contribution is -1.91. The summed E-state index contributed by atoms with van der Waals surface area (Å²) in [6.07, 6.45) is 0. The maximum atomic E-state index is 11.4. The molecule has 0 saturated heterocycles. The van der Waals surface area contributed by atoms with Gasteiger partial charge in [-0.15, -0.1) is 0 Å². The maximum Gasteiger partial charge on any atom is 0.181 e. The van der Waals surface area contributed by atoms with Crippen LogP contribution in [-0.4, -0.2) is 15.7 Å². The third-order valence-corrected chi connectivity index (χ3v) is 3.39. The molecule has 0 bridgehead atoms. The SMILES string of the molecule is CC(=O)c1sc(N)nc1-c1ccc(PO)o1. The van der Waals surface area contributed by atoms with Crippen LogP contribution < -0.4 is 11.2 Å². The van der Waals surface area contributed by atoms with Crippen LogP contribution in [0.3, 0.4) is 0 Å². The van der Waals surface area contributed by atoms with Gasteiger partial charge in [0, 0.05) is 6.92 Å². The molecule has 0 amide bonds. The Balaban J connectivity index is 2.50. The zero-order valence-corrected chi connectivity index (χ0v) is 10.2. The lowest BCUT2D eigenvalue weighted by Gasteiger charge is -1.94. The van der Waals surface area contributed by atoms with E-state index in [1.165, 1.54) is 6.92 Å². The number of carbonyl (C=O) groups is 1. The van der Waals surface area contributed by atoms with Crippen LogP contribution in [0.5, 0.6) is 0 Å². The van der Waals surface area contributed by atoms with E-state index < -0.39 is 8.81 Å². The Labute approximate surface area is 97.2 Å². The van der Waals surface area contributed by atoms with E-state index in [0.717, 1.165) is 11.3 Å². The van der Waals surface area contributed by atoms with Crippen LogP contribution in [0.1, 0.15) is 16.6 Å². The summed E-state index contributed by atoms with van der Waals surface area (Å²) in [7, 11) is -0.413. The number of rotatable bonds is 3. The van der Waals surface area contributed by atoms with E-state index in [4.69, 9.17) is 15.0 Å². The summed E-state index contributed by atoms with van der Waals surface area (Å²) in [5.41, 5.74) is 6.46. The number of carbonyl (C=O) groups excluding carboxylic acids is 1. The Hall–Kier alpha value is -1.23. The van der Waals surface area contributed by atoms with Crippen molar-refractivity contribution in [3.05, 3.63) is 17.0 Å². The van der Waals surface area contributed by atoms with Crippen molar-refractivity contribution >= 4 is 36.6 Å². The summed E-state index contributed by atoms with van der Waals surface area (Å²) in [4.78, 5) is 24.8. The minimum Gasteiger partial charge on any atom is -0.453 e. The molecule has 0 aromatic carbocycles. The molecule has 16 heavy (non-hydrogen) atoms. The Bertz CT molecular complexity index is 535. The minimum absolute atomic E-state index is 0.103. The van der Waals surface area contributed by atoms with Gasteiger partial charge in [0.1, 0.15) is 10.6 Å². The topological polar surface area (TPSA) is 89.4 Å². The van der Waals surface area contributed by atoms with Crippen molar-refractivity contribution < 1.29 is 14.1 Å². The molecule has 0 radical (unpaired) electrons. The average molecular weight is 256 g/mol. The predicted octanol–water partition coefficient (Wildman–Crippen LogP) is 1.40. The summed E-state index contributed by atoms with van der Waals surface area (Å²) < 4.78 is 5.32. The monoisotopic (exact) mass is 256 g/mol. The number of anilines is 1. The van der Waals surface area contributed by atoms with Gasteiger partial charge in [0.2, 0.25) is 0 Å². The van der Waals surface area contributed by atoms with Gasteiger partial charge in [0.15, 0.2) is 22.2 Å². The maximum absolute atomic E-state index is 11.4. The fourth-order valence-electron chi connectivity index (χ4n) is 1.27. The van der Waals surface area contributed by atoms with E-state index in [2.05, 4.69) is 4.98 Å². The number of aromatic nitrogens is 1. The largest absolute Gasteiger partial charge is 0.453 e. The first-order chi connectivity index (χ1) is 7.61. The van der Waals surface area contributed by atoms with Gasteiger partial charge in [0.25, 0.3) is 0 Å². The van der Waals surface area contributed by atoms with Crippen LogP contribution in [-0.2, 0) is 0 Å². The van der Waals surface area contributed by atoms with Crippen molar-refractivity contribution in [1.29, 1.82) is 0 Å². The number of hydrogen-bond acceptors (Lipinski definition) is 6. The highest BCUT2D eigenvalue weighted by Gasteiger charge is 2.18. The Kier molecular flexibility index (Phi) is 3.05. The van der Waals surface area contributed by atoms with E-state index in [9.17, 15) is 4.79 Å². The standard InChI is InChI=1S/C9H9N2O3PS/c1-4(12)8-7(11-9(10)16-8)5-2-3-6(14-5)15-13/h2-3,13,15H,1H3,(H2,10,11). The van der Waals surface area contributed by atoms with Crippen LogP contribution in [0.2, 0.25) is 0 Å². The number of nitrogen functional groups attached to an aromatic ring is 1. The first-order valence-electron chi connectivity index (χ1n) is 4.39. The van der Waals surface area contributed by atoms with Gasteiger partial charge < -0.3 is 15.0 Å². The molecule has 2 aromatic rings. The average Bonchev–Trinajstić information content (AvgIpc) is 2.82. The van der Waals surface area contributed by atoms with Crippen LogP contribution >= 0.6 is 20.1 Å². The van der Waals surface area contributed by atoms with Gasteiger partial charge in [-0.05, 0) is 12.1 Å². The van der Waals surface area contributed by atoms with Gasteiger partial charge in [-0.3, -0.25) is 4.79 Å². The van der Waals surface area contributed by atoms with Crippen molar-refractivity contribution in [2.24, 2.45) is 0 Å². The lowest BCUT2D eigenvalue weighted by atomic mass is 10.2. The summed E-state index contributed by atoms with van der Waals surface area (Å²) in [5, 5.41) is 0.324. The fourth-order valence-corrected chi connectivity index (χ4v) is 2.31. The molecule has 0 fully saturated rings. The third kappa shape index (κ3) is 2.00. The van der Waals surface area contributed by atoms with Crippen molar-refractivity contribution in [3.63, 3.8) is 0 Å². The Morgan fingerprint density at radius 1 is 1.62 bits per heavy atom. The van der Waals surface area contributed by atoms with Gasteiger partial charge in [-0.1, -0.05) is 11.3 Å². The van der Waals surface area contributed by atoms with Gasteiger partial charge in [0.05, 0.1) is 8.81 Å². The summed E-state index contributed by atoms with van der Waals surface area (Å²) in [6, 6.07) is 3.31. The molecule has 5 nitrogen and oxygen atoms in total. The van der Waals surface area contributed by atoms with Crippen molar-refractivity contribution in [3.8, 4) is 11.5 Å². The van der Waals surface area contributed by atoms with Crippen molar-refractivity contribution in [2.45, 2.75) is 6.92 Å². The first kappa shape index (κ1) is 11.3. The normalized spacial score (nSPS) is 11.4. The number of thiazole rings is 1. The van der Waals surface area contributed by atoms with E-state index in [1.807, 2.05) is 0 Å². The van der Waals surface area contributed by atoms with Crippen LogP contribution in [0.25, 0.3) is 11.5 Å². The van der Waals surface area contributed by atoms with E-state index >= 15 is 0 Å². The number of nitrogens with two attached hydrogens (primary N) is 1. The highest BCUT2D eigenvalue weighted by molar-refractivity contribution is 7.40. The number of nitrogens with zero attached hydrogens (tertiary/aromatic N) is 1. The van der Waals surface area contributed by atoms with Gasteiger partial charge in [-0.2, -0.15) is 0 Å². The number of Topliss-reactive ketones (excluding diaryl/α,β-unsaturated/α-hetero) is 1. The van der Waals surface area contributed by atoms with E-state index in [1.54, 1.807) is 12.1 Å². The lowest BCUT2D eigenvalue weighted by molar-refractivity contribution is 0.102. The van der Waals surface area contributed by atoms with Crippen LogP contribution in [0, 0.1) is 0 Å². The smallest absolute Gasteiger partial charge is 0.181 e. The van der Waals surface area contributed by atoms with Crippen LogP contribution in [0.15, 0.2) is 16.5 Å². The zero-order valence-electron chi connectivity index (χ0n) is 8.35. The Morgan fingerprint density at radius 2 is 2.38 bits per heavy atom. The van der Waals surface area contributed by atoms with E-state index in [0.29, 0.717) is 27.0 Å². The minimum atomic E-state index is -0.413. The molecule has 0 spiro atoms. The number of ketones is 1. The molecule has 0 aliphatic rings. The summed E-state index contributed by atoms with van der Waals surface area (Å²) in [5.74, 6) is 0.350. The number of hydrogen-bond donors (Lipinski definition) is 2. The molecular weight excluding hydrogens is 247 g/mol.